The summed E-state index contributed by atoms with van der Waals surface area (Å²) in [6.45, 7) is 24.4. The molecule has 1 aromatic rings. The smallest absolute Gasteiger partial charge is 0.243 e. The molecule has 1 aliphatic rings. The molecule has 0 spiro atoms. The van der Waals surface area contributed by atoms with Crippen molar-refractivity contribution in [2.24, 2.45) is 0 Å². The normalized spacial score (nSPS) is 16.0. The fraction of sp³-hybridized carbons (Fsp3) is 0.394. The van der Waals surface area contributed by atoms with Gasteiger partial charge in [0.25, 0.3) is 0 Å². The van der Waals surface area contributed by atoms with Gasteiger partial charge in [-0.05, 0) is 71.5 Å². The fourth-order valence-corrected chi connectivity index (χ4v) is 4.40. The van der Waals surface area contributed by atoms with Gasteiger partial charge < -0.3 is 29.9 Å². The monoisotopic (exact) mass is 612 g/mol. The van der Waals surface area contributed by atoms with E-state index in [9.17, 15) is 0 Å². The van der Waals surface area contributed by atoms with E-state index in [1.807, 2.05) is 25.8 Å². The summed E-state index contributed by atoms with van der Waals surface area (Å²) in [6.07, 6.45) is 9.80. The number of anilines is 1. The Morgan fingerprint density at radius 3 is 2.51 bits per heavy atom. The Bertz CT molecular complexity index is 1310. The Kier molecular flexibility index (Phi) is 14.3. The van der Waals surface area contributed by atoms with Crippen molar-refractivity contribution in [3.63, 3.8) is 0 Å². The Hall–Kier alpha value is -3.82. The maximum Gasteiger partial charge on any atom is 0.243 e. The van der Waals surface area contributed by atoms with Crippen LogP contribution in [0.25, 0.3) is 0 Å². The Morgan fingerprint density at radius 2 is 1.93 bits per heavy atom. The maximum atomic E-state index is 15.2. The molecule has 43 heavy (non-hydrogen) atoms. The highest BCUT2D eigenvalue weighted by Crippen LogP contribution is 2.31. The molecular formula is C33H46ClFN6O2. The minimum Gasteiger partial charge on any atom is -0.499 e. The van der Waals surface area contributed by atoms with Gasteiger partial charge in [0, 0.05) is 43.0 Å². The zero-order chi connectivity index (χ0) is 32.1. The zero-order valence-corrected chi connectivity index (χ0v) is 27.2. The van der Waals surface area contributed by atoms with Crippen molar-refractivity contribution in [2.75, 3.05) is 46.2 Å². The lowest BCUT2D eigenvalue weighted by atomic mass is 10.0. The highest BCUT2D eigenvalue weighted by Gasteiger charge is 2.20. The molecule has 2 heterocycles. The highest BCUT2D eigenvalue weighted by molar-refractivity contribution is 6.31. The van der Waals surface area contributed by atoms with E-state index >= 15 is 4.39 Å². The molecule has 1 aromatic heterocycles. The number of hydrogen-bond donors (Lipinski definition) is 2. The summed E-state index contributed by atoms with van der Waals surface area (Å²) < 4.78 is 26.8. The minimum atomic E-state index is -0.404. The lowest BCUT2D eigenvalue weighted by Gasteiger charge is -2.30. The van der Waals surface area contributed by atoms with Gasteiger partial charge in [-0.25, -0.2) is 9.37 Å². The van der Waals surface area contributed by atoms with Crippen molar-refractivity contribution < 1.29 is 13.9 Å². The third-order valence-electron chi connectivity index (χ3n) is 7.10. The van der Waals surface area contributed by atoms with Gasteiger partial charge in [0.05, 0.1) is 19.0 Å². The Labute approximate surface area is 261 Å². The molecule has 0 aromatic carbocycles. The van der Waals surface area contributed by atoms with Crippen LogP contribution in [0.2, 0.25) is 5.02 Å². The minimum absolute atomic E-state index is 0.0356. The van der Waals surface area contributed by atoms with Gasteiger partial charge in [0.15, 0.2) is 0 Å². The number of rotatable bonds is 16. The third-order valence-corrected chi connectivity index (χ3v) is 7.36. The summed E-state index contributed by atoms with van der Waals surface area (Å²) >= 11 is 6.46. The largest absolute Gasteiger partial charge is 0.499 e. The van der Waals surface area contributed by atoms with Crippen LogP contribution in [0.5, 0.6) is 5.88 Å². The topological polar surface area (TPSA) is 74.8 Å². The zero-order valence-electron chi connectivity index (χ0n) is 26.4. The number of aromatic nitrogens is 2. The van der Waals surface area contributed by atoms with Crippen LogP contribution in [0.3, 0.4) is 0 Å². The van der Waals surface area contributed by atoms with E-state index in [2.05, 4.69) is 58.9 Å². The van der Waals surface area contributed by atoms with E-state index in [1.54, 1.807) is 25.2 Å². The fourth-order valence-electron chi connectivity index (χ4n) is 4.27. The first-order valence-electron chi connectivity index (χ1n) is 14.2. The molecule has 1 aliphatic heterocycles. The van der Waals surface area contributed by atoms with E-state index in [0.29, 0.717) is 22.9 Å². The van der Waals surface area contributed by atoms with Crippen LogP contribution in [0.1, 0.15) is 40.0 Å². The number of likely N-dealkylation sites (N-methyl/N-ethyl adjacent to an activating group) is 1. The Balaban J connectivity index is 2.32. The number of methoxy groups -OCH3 is 1. The third kappa shape index (κ3) is 10.8. The van der Waals surface area contributed by atoms with Crippen molar-refractivity contribution in [3.8, 4) is 5.88 Å². The van der Waals surface area contributed by atoms with Crippen LogP contribution in [0, 0.1) is 0 Å². The molecule has 0 radical (unpaired) electrons. The summed E-state index contributed by atoms with van der Waals surface area (Å²) in [4.78, 5) is 13.0. The molecule has 0 unspecified atom stereocenters. The van der Waals surface area contributed by atoms with Gasteiger partial charge in [-0.15, -0.1) is 0 Å². The summed E-state index contributed by atoms with van der Waals surface area (Å²) in [6, 6.07) is 0.288. The molecule has 8 nitrogen and oxygen atoms in total. The Morgan fingerprint density at radius 1 is 1.26 bits per heavy atom. The summed E-state index contributed by atoms with van der Waals surface area (Å²) in [5.41, 5.74) is 3.24. The molecule has 0 amide bonds. The lowest BCUT2D eigenvalue weighted by Crippen LogP contribution is -2.40. The van der Waals surface area contributed by atoms with Crippen molar-refractivity contribution in [1.29, 1.82) is 0 Å². The first-order valence-corrected chi connectivity index (χ1v) is 14.6. The summed E-state index contributed by atoms with van der Waals surface area (Å²) in [5.74, 6) is 0.673. The summed E-state index contributed by atoms with van der Waals surface area (Å²) in [5, 5.41) is 6.57. The molecule has 0 atom stereocenters. The second-order valence-electron chi connectivity index (χ2n) is 10.3. The number of piperidine rings is 1. The van der Waals surface area contributed by atoms with Crippen LogP contribution in [0.4, 0.5) is 10.3 Å². The number of halogens is 2. The van der Waals surface area contributed by atoms with Gasteiger partial charge >= 0.3 is 0 Å². The number of nitrogens with zero attached hydrogens (tertiary/aromatic N) is 4. The molecule has 1 saturated heterocycles. The van der Waals surface area contributed by atoms with Crippen LogP contribution in [-0.4, -0.2) is 66.6 Å². The second-order valence-corrected chi connectivity index (χ2v) is 10.7. The van der Waals surface area contributed by atoms with Crippen LogP contribution in [-0.2, 0) is 4.74 Å². The highest BCUT2D eigenvalue weighted by atomic mass is 35.5. The van der Waals surface area contributed by atoms with Crippen LogP contribution in [0.15, 0.2) is 102 Å². The molecule has 234 valence electrons. The predicted octanol–water partition coefficient (Wildman–Crippen LogP) is 7.28. The number of hydrogen-bond acceptors (Lipinski definition) is 8. The van der Waals surface area contributed by atoms with E-state index in [4.69, 9.17) is 21.1 Å². The molecule has 1 fully saturated rings. The molecule has 2 N–H and O–H groups in total. The van der Waals surface area contributed by atoms with Crippen LogP contribution < -0.4 is 15.4 Å². The van der Waals surface area contributed by atoms with Gasteiger partial charge in [0.1, 0.15) is 22.4 Å². The number of likely N-dealkylation sites (tertiary alicyclic amines) is 1. The number of allylic oxidation sites excluding steroid dienone is 7. The first kappa shape index (κ1) is 35.4. The number of nitrogens with one attached hydrogen (secondary N) is 2. The molecule has 0 aliphatic carbocycles. The SMILES string of the molecule is C=C/C=C(Oc1nc(NC(/C=C(/F)CC(=C)NC2CCN(C)CC2)=C(/C)OC)ncc1Cl)\C(C(=C)N(C)CC)=C(\C)C=C. The van der Waals surface area contributed by atoms with Gasteiger partial charge in [-0.1, -0.05) is 50.1 Å². The average molecular weight is 613 g/mol. The van der Waals surface area contributed by atoms with Crippen molar-refractivity contribution in [2.45, 2.75) is 46.1 Å². The predicted molar refractivity (Wildman–Crippen MR) is 176 cm³/mol. The van der Waals surface area contributed by atoms with Gasteiger partial charge in [0.2, 0.25) is 11.8 Å². The maximum absolute atomic E-state index is 15.2. The van der Waals surface area contributed by atoms with E-state index in [0.717, 1.165) is 49.3 Å². The van der Waals surface area contributed by atoms with E-state index in [1.165, 1.54) is 19.4 Å². The van der Waals surface area contributed by atoms with E-state index < -0.39 is 5.83 Å². The average Bonchev–Trinajstić information content (AvgIpc) is 2.98. The molecule has 2 rings (SSSR count). The van der Waals surface area contributed by atoms with Crippen LogP contribution >= 0.6 is 11.6 Å². The quantitative estimate of drug-likeness (QED) is 0.149. The summed E-state index contributed by atoms with van der Waals surface area (Å²) in [7, 11) is 5.54. The molecule has 0 saturated carbocycles. The molecule has 0 bridgehead atoms. The van der Waals surface area contributed by atoms with Gasteiger partial charge in [-0.3, -0.25) is 0 Å². The molecule has 10 heteroatoms. The van der Waals surface area contributed by atoms with Crippen molar-refractivity contribution >= 4 is 17.5 Å². The first-order chi connectivity index (χ1) is 20.4. The molecular weight excluding hydrogens is 567 g/mol. The standard InChI is InChI=1S/C33H46ClFN6O2/c1-11-14-30(31(22(4)12-2)24(6)41(9)13-3)43-32-28(34)21-36-33(39-32)38-29(25(7)42-10)20-26(35)19-23(5)37-27-15-17-40(8)18-16-27/h11-12,14,20-21,27,37H,1-2,5-6,13,15-19H2,3-4,7-10H3,(H,36,38,39)/b26-20+,29-25-,30-14+,31-22-. The number of ether oxygens (including phenoxy) is 2. The van der Waals surface area contributed by atoms with Crippen molar-refractivity contribution in [3.05, 3.63) is 107 Å². The second kappa shape index (κ2) is 17.3. The van der Waals surface area contributed by atoms with E-state index in [-0.39, 0.29) is 29.3 Å². The van der Waals surface area contributed by atoms with Gasteiger partial charge in [-0.2, -0.15) is 4.98 Å². The lowest BCUT2D eigenvalue weighted by molar-refractivity contribution is 0.241. The van der Waals surface area contributed by atoms with Crippen molar-refractivity contribution in [1.82, 2.24) is 25.1 Å².